The average molecular weight is 420 g/mol. The molecule has 1 saturated heterocycles. The van der Waals surface area contributed by atoms with E-state index in [1.807, 2.05) is 24.3 Å². The van der Waals surface area contributed by atoms with Gasteiger partial charge in [-0.15, -0.1) is 0 Å². The molecule has 0 saturated carbocycles. The second-order valence-corrected chi connectivity index (χ2v) is 7.51. The zero-order valence-electron chi connectivity index (χ0n) is 16.5. The van der Waals surface area contributed by atoms with Gasteiger partial charge < -0.3 is 15.5 Å². The molecule has 0 aromatic heterocycles. The van der Waals surface area contributed by atoms with Crippen molar-refractivity contribution in [2.45, 2.75) is 24.8 Å². The van der Waals surface area contributed by atoms with Crippen LogP contribution in [0.5, 0.6) is 0 Å². The standard InChI is InChI=1S/C22H20N4O5/c27-19(23-17-8-3-4-9-18(17)26(30)31)10-11-20(28)25-13-5-12-22(25)14-15-6-1-2-7-16(15)24-21(22)29/h1-4,6-11H,5,12-14H2,(H,23,27)(H,24,29)/b11-10+. The Morgan fingerprint density at radius 2 is 1.87 bits per heavy atom. The highest BCUT2D eigenvalue weighted by Crippen LogP contribution is 2.39. The number of nitro benzene ring substituents is 1. The van der Waals surface area contributed by atoms with Crippen LogP contribution in [0.15, 0.2) is 60.7 Å². The van der Waals surface area contributed by atoms with Crippen molar-refractivity contribution < 1.29 is 19.3 Å². The van der Waals surface area contributed by atoms with Gasteiger partial charge in [0.1, 0.15) is 11.2 Å². The van der Waals surface area contributed by atoms with E-state index in [2.05, 4.69) is 10.6 Å². The minimum Gasteiger partial charge on any atom is -0.324 e. The molecule has 1 unspecified atom stereocenters. The zero-order chi connectivity index (χ0) is 22.0. The molecule has 2 aliphatic heterocycles. The molecule has 1 spiro atoms. The van der Waals surface area contributed by atoms with E-state index in [4.69, 9.17) is 0 Å². The zero-order valence-corrected chi connectivity index (χ0v) is 16.5. The molecular weight excluding hydrogens is 400 g/mol. The first-order chi connectivity index (χ1) is 14.9. The maximum atomic E-state index is 12.9. The van der Waals surface area contributed by atoms with Gasteiger partial charge in [-0.1, -0.05) is 30.3 Å². The predicted octanol–water partition coefficient (Wildman–Crippen LogP) is 2.65. The maximum absolute atomic E-state index is 12.9. The van der Waals surface area contributed by atoms with Crippen molar-refractivity contribution in [1.82, 2.24) is 4.90 Å². The summed E-state index contributed by atoms with van der Waals surface area (Å²) in [4.78, 5) is 50.0. The van der Waals surface area contributed by atoms with Crippen molar-refractivity contribution in [3.8, 4) is 0 Å². The van der Waals surface area contributed by atoms with E-state index < -0.39 is 22.3 Å². The van der Waals surface area contributed by atoms with Crippen molar-refractivity contribution in [1.29, 1.82) is 0 Å². The predicted molar refractivity (Wildman–Crippen MR) is 113 cm³/mol. The Kier molecular flexibility index (Phi) is 5.24. The normalized spacial score (nSPS) is 19.9. The second kappa shape index (κ2) is 8.02. The molecule has 2 aromatic rings. The molecule has 3 amide bonds. The number of rotatable bonds is 4. The molecule has 2 heterocycles. The summed E-state index contributed by atoms with van der Waals surface area (Å²) in [7, 11) is 0. The highest BCUT2D eigenvalue weighted by Gasteiger charge is 2.51. The van der Waals surface area contributed by atoms with Crippen molar-refractivity contribution >= 4 is 34.8 Å². The summed E-state index contributed by atoms with van der Waals surface area (Å²) in [5.41, 5.74) is 0.517. The van der Waals surface area contributed by atoms with Crippen LogP contribution in [0.4, 0.5) is 17.1 Å². The van der Waals surface area contributed by atoms with Crippen molar-refractivity contribution in [3.63, 3.8) is 0 Å². The van der Waals surface area contributed by atoms with Crippen LogP contribution >= 0.6 is 0 Å². The van der Waals surface area contributed by atoms with E-state index in [1.165, 1.54) is 23.1 Å². The number of hydrogen-bond donors (Lipinski definition) is 2. The van der Waals surface area contributed by atoms with E-state index in [-0.39, 0.29) is 17.3 Å². The van der Waals surface area contributed by atoms with Gasteiger partial charge in [-0.2, -0.15) is 0 Å². The Hall–Kier alpha value is -4.01. The van der Waals surface area contributed by atoms with E-state index in [9.17, 15) is 24.5 Å². The molecule has 2 aliphatic rings. The number of carbonyl (C=O) groups excluding carboxylic acids is 3. The van der Waals surface area contributed by atoms with Crippen molar-refractivity contribution in [2.24, 2.45) is 0 Å². The number of nitrogens with one attached hydrogen (secondary N) is 2. The summed E-state index contributed by atoms with van der Waals surface area (Å²) in [5, 5.41) is 16.4. The Balaban J connectivity index is 1.49. The molecule has 1 fully saturated rings. The SMILES string of the molecule is O=C(/C=C/C(=O)N1CCCC12Cc1ccccc1NC2=O)Nc1ccccc1[N+](=O)[O-]. The highest BCUT2D eigenvalue weighted by molar-refractivity contribution is 6.07. The van der Waals surface area contributed by atoms with Gasteiger partial charge in [0.15, 0.2) is 0 Å². The second-order valence-electron chi connectivity index (χ2n) is 7.51. The minimum absolute atomic E-state index is 0.0375. The number of fused-ring (bicyclic) bond motifs is 1. The molecule has 4 rings (SSSR count). The number of nitrogens with zero attached hydrogens (tertiary/aromatic N) is 2. The number of amides is 3. The highest BCUT2D eigenvalue weighted by atomic mass is 16.6. The van der Waals surface area contributed by atoms with Crippen LogP contribution in [0.25, 0.3) is 0 Å². The van der Waals surface area contributed by atoms with Crippen LogP contribution < -0.4 is 10.6 Å². The first-order valence-corrected chi connectivity index (χ1v) is 9.84. The van der Waals surface area contributed by atoms with Gasteiger partial charge in [0.25, 0.3) is 11.6 Å². The molecule has 158 valence electrons. The number of benzene rings is 2. The molecule has 2 N–H and O–H groups in total. The van der Waals surface area contributed by atoms with Gasteiger partial charge in [-0.3, -0.25) is 24.5 Å². The molecule has 0 radical (unpaired) electrons. The van der Waals surface area contributed by atoms with E-state index >= 15 is 0 Å². The van der Waals surface area contributed by atoms with Gasteiger partial charge in [-0.05, 0) is 30.5 Å². The summed E-state index contributed by atoms with van der Waals surface area (Å²) >= 11 is 0. The third-order valence-corrected chi connectivity index (χ3v) is 5.66. The Labute approximate surface area is 177 Å². The van der Waals surface area contributed by atoms with Crippen LogP contribution in [0.2, 0.25) is 0 Å². The molecular formula is C22H20N4O5. The lowest BCUT2D eigenvalue weighted by molar-refractivity contribution is -0.383. The minimum atomic E-state index is -0.982. The number of likely N-dealkylation sites (tertiary alicyclic amines) is 1. The fraction of sp³-hybridized carbons (Fsp3) is 0.227. The summed E-state index contributed by atoms with van der Waals surface area (Å²) in [6.07, 6.45) is 3.76. The van der Waals surface area contributed by atoms with E-state index in [1.54, 1.807) is 6.07 Å². The van der Waals surface area contributed by atoms with Crippen molar-refractivity contribution in [2.75, 3.05) is 17.2 Å². The number of nitro groups is 1. The van der Waals surface area contributed by atoms with Crippen LogP contribution in [0.3, 0.4) is 0 Å². The molecule has 0 aliphatic carbocycles. The fourth-order valence-corrected chi connectivity index (χ4v) is 4.20. The fourth-order valence-electron chi connectivity index (χ4n) is 4.20. The van der Waals surface area contributed by atoms with Gasteiger partial charge in [0, 0.05) is 36.9 Å². The maximum Gasteiger partial charge on any atom is 0.292 e. The molecule has 9 heteroatoms. The van der Waals surface area contributed by atoms with Gasteiger partial charge in [0.2, 0.25) is 11.8 Å². The van der Waals surface area contributed by atoms with Crippen LogP contribution in [0, 0.1) is 10.1 Å². The monoisotopic (exact) mass is 420 g/mol. The molecule has 9 nitrogen and oxygen atoms in total. The van der Waals surface area contributed by atoms with Gasteiger partial charge in [-0.25, -0.2) is 0 Å². The van der Waals surface area contributed by atoms with Crippen LogP contribution in [-0.2, 0) is 20.8 Å². The summed E-state index contributed by atoms with van der Waals surface area (Å²) in [6.45, 7) is 0.407. The summed E-state index contributed by atoms with van der Waals surface area (Å²) in [6, 6.07) is 13.2. The quantitative estimate of drug-likeness (QED) is 0.447. The molecule has 0 bridgehead atoms. The number of carbonyl (C=O) groups is 3. The largest absolute Gasteiger partial charge is 0.324 e. The third kappa shape index (κ3) is 3.77. The summed E-state index contributed by atoms with van der Waals surface area (Å²) in [5.74, 6) is -1.35. The lowest BCUT2D eigenvalue weighted by Gasteiger charge is -2.40. The van der Waals surface area contributed by atoms with E-state index in [0.29, 0.717) is 25.8 Å². The van der Waals surface area contributed by atoms with Crippen LogP contribution in [-0.4, -0.2) is 39.6 Å². The van der Waals surface area contributed by atoms with Gasteiger partial charge >= 0.3 is 0 Å². The molecule has 2 aromatic carbocycles. The Morgan fingerprint density at radius 3 is 2.68 bits per heavy atom. The lowest BCUT2D eigenvalue weighted by Crippen LogP contribution is -2.58. The number of anilines is 2. The first kappa shape index (κ1) is 20.3. The Morgan fingerprint density at radius 1 is 1.13 bits per heavy atom. The molecule has 31 heavy (non-hydrogen) atoms. The number of hydrogen-bond acceptors (Lipinski definition) is 5. The molecule has 1 atom stereocenters. The van der Waals surface area contributed by atoms with Gasteiger partial charge in [0.05, 0.1) is 4.92 Å². The smallest absolute Gasteiger partial charge is 0.292 e. The van der Waals surface area contributed by atoms with Crippen LogP contribution in [0.1, 0.15) is 18.4 Å². The van der Waals surface area contributed by atoms with E-state index in [0.717, 1.165) is 23.4 Å². The van der Waals surface area contributed by atoms with Crippen molar-refractivity contribution in [3.05, 3.63) is 76.4 Å². The third-order valence-electron chi connectivity index (χ3n) is 5.66. The first-order valence-electron chi connectivity index (χ1n) is 9.84. The lowest BCUT2D eigenvalue weighted by atomic mass is 9.83. The average Bonchev–Trinajstić information content (AvgIpc) is 3.17. The summed E-state index contributed by atoms with van der Waals surface area (Å²) < 4.78 is 0. The topological polar surface area (TPSA) is 122 Å². The number of para-hydroxylation sites is 3. The Bertz CT molecular complexity index is 1110.